The first-order valence-electron chi connectivity index (χ1n) is 3.15. The minimum atomic E-state index is -0.368. The topological polar surface area (TPSA) is 52.4 Å². The maximum Gasteiger partial charge on any atom is 0.206 e. The molecule has 0 atom stereocenters. The number of nitro groups is 1. The molecule has 0 radical (unpaired) electrons. The zero-order chi connectivity index (χ0) is 8.20. The minimum Gasteiger partial charge on any atom is -0.379 e. The highest BCUT2D eigenvalue weighted by molar-refractivity contribution is 4.65. The van der Waals surface area contributed by atoms with Crippen molar-refractivity contribution in [3.8, 4) is 0 Å². The third-order valence-electron chi connectivity index (χ3n) is 1.45. The Kier molecular flexibility index (Phi) is 3.28. The van der Waals surface area contributed by atoms with Gasteiger partial charge in [-0.15, -0.1) is 0 Å². The van der Waals surface area contributed by atoms with Crippen LogP contribution in [0.3, 0.4) is 0 Å². The van der Waals surface area contributed by atoms with E-state index in [9.17, 15) is 10.1 Å². The summed E-state index contributed by atoms with van der Waals surface area (Å²) in [6.45, 7) is 3.63. The van der Waals surface area contributed by atoms with Crippen molar-refractivity contribution < 1.29 is 9.66 Å². The Morgan fingerprint density at radius 3 is 2.40 bits per heavy atom. The van der Waals surface area contributed by atoms with Crippen LogP contribution in [0.2, 0.25) is 0 Å². The van der Waals surface area contributed by atoms with Gasteiger partial charge in [-0.25, -0.2) is 0 Å². The van der Waals surface area contributed by atoms with E-state index in [0.717, 1.165) is 0 Å². The van der Waals surface area contributed by atoms with Crippen LogP contribution in [0.5, 0.6) is 0 Å². The van der Waals surface area contributed by atoms with Crippen LogP contribution in [0.4, 0.5) is 0 Å². The summed E-state index contributed by atoms with van der Waals surface area (Å²) in [5, 5.41) is 9.91. The van der Waals surface area contributed by atoms with Crippen molar-refractivity contribution in [2.24, 2.45) is 0 Å². The maximum absolute atomic E-state index is 9.91. The van der Waals surface area contributed by atoms with E-state index < -0.39 is 0 Å². The highest BCUT2D eigenvalue weighted by Crippen LogP contribution is 2.11. The molecule has 0 rings (SSSR count). The molecule has 60 valence electrons. The van der Waals surface area contributed by atoms with Crippen molar-refractivity contribution in [2.75, 3.05) is 13.7 Å². The maximum atomic E-state index is 9.91. The van der Waals surface area contributed by atoms with Crippen LogP contribution >= 0.6 is 0 Å². The molecular formula is C6H13NO3. The van der Waals surface area contributed by atoms with Crippen molar-refractivity contribution in [3.63, 3.8) is 0 Å². The third-order valence-corrected chi connectivity index (χ3v) is 1.45. The highest BCUT2D eigenvalue weighted by Gasteiger charge is 2.18. The molecule has 4 heteroatoms. The molecule has 0 aliphatic rings. The Bertz CT molecular complexity index is 122. The number of ether oxygens (including phenoxy) is 1. The predicted molar refractivity (Wildman–Crippen MR) is 37.6 cm³/mol. The van der Waals surface area contributed by atoms with E-state index in [0.29, 0.717) is 6.42 Å². The lowest BCUT2D eigenvalue weighted by molar-refractivity contribution is -0.483. The smallest absolute Gasteiger partial charge is 0.206 e. The van der Waals surface area contributed by atoms with Gasteiger partial charge in [0, 0.05) is 18.5 Å². The predicted octanol–water partition coefficient (Wildman–Crippen LogP) is 1.08. The fourth-order valence-electron chi connectivity index (χ4n) is 0.463. The van der Waals surface area contributed by atoms with Gasteiger partial charge < -0.3 is 4.74 Å². The van der Waals surface area contributed by atoms with Gasteiger partial charge in [0.15, 0.2) is 0 Å². The molecule has 10 heavy (non-hydrogen) atoms. The van der Waals surface area contributed by atoms with Gasteiger partial charge in [0.1, 0.15) is 0 Å². The fourth-order valence-corrected chi connectivity index (χ4v) is 0.463. The van der Waals surface area contributed by atoms with E-state index in [1.54, 1.807) is 7.11 Å². The molecule has 0 fully saturated rings. The van der Waals surface area contributed by atoms with E-state index in [4.69, 9.17) is 4.74 Å². The molecule has 0 aliphatic heterocycles. The number of rotatable bonds is 4. The fraction of sp³-hybridized carbons (Fsp3) is 1.00. The van der Waals surface area contributed by atoms with Crippen LogP contribution in [0.1, 0.15) is 20.3 Å². The summed E-state index contributed by atoms with van der Waals surface area (Å²) in [6, 6.07) is 0. The molecule has 0 saturated heterocycles. The lowest BCUT2D eigenvalue weighted by Gasteiger charge is -2.19. The molecule has 0 bridgehead atoms. The monoisotopic (exact) mass is 147 g/mol. The molecule has 0 saturated carbocycles. The molecule has 0 aromatic rings. The zero-order valence-electron chi connectivity index (χ0n) is 6.59. The van der Waals surface area contributed by atoms with E-state index in [1.165, 1.54) is 0 Å². The molecule has 0 spiro atoms. The summed E-state index contributed by atoms with van der Waals surface area (Å²) in [5.41, 5.74) is -0.368. The highest BCUT2D eigenvalue weighted by atomic mass is 16.6. The molecular weight excluding hydrogens is 134 g/mol. The summed E-state index contributed by atoms with van der Waals surface area (Å²) in [6.07, 6.45) is 0.455. The van der Waals surface area contributed by atoms with Gasteiger partial charge in [-0.3, -0.25) is 10.1 Å². The van der Waals surface area contributed by atoms with Crippen LogP contribution in [0.15, 0.2) is 0 Å². The van der Waals surface area contributed by atoms with Crippen LogP contribution in [-0.2, 0) is 4.74 Å². The molecule has 0 aromatic heterocycles. The first-order chi connectivity index (χ1) is 4.48. The summed E-state index contributed by atoms with van der Waals surface area (Å²) in [4.78, 5) is 9.58. The van der Waals surface area contributed by atoms with Crippen LogP contribution in [0, 0.1) is 10.1 Å². The summed E-state index contributed by atoms with van der Waals surface area (Å²) >= 11 is 0. The largest absolute Gasteiger partial charge is 0.379 e. The van der Waals surface area contributed by atoms with Crippen LogP contribution in [0.25, 0.3) is 0 Å². The molecule has 4 nitrogen and oxygen atoms in total. The zero-order valence-corrected chi connectivity index (χ0v) is 6.59. The minimum absolute atomic E-state index is 0.0269. The lowest BCUT2D eigenvalue weighted by atomic mass is 10.1. The van der Waals surface area contributed by atoms with Gasteiger partial charge in [-0.05, 0) is 13.8 Å². The van der Waals surface area contributed by atoms with Crippen molar-refractivity contribution in [2.45, 2.75) is 25.9 Å². The quantitative estimate of drug-likeness (QED) is 0.441. The van der Waals surface area contributed by atoms with E-state index >= 15 is 0 Å². The average molecular weight is 147 g/mol. The second-order valence-corrected chi connectivity index (χ2v) is 2.77. The Labute approximate surface area is 60.3 Å². The van der Waals surface area contributed by atoms with E-state index in [2.05, 4.69) is 0 Å². The van der Waals surface area contributed by atoms with E-state index in [-0.39, 0.29) is 17.1 Å². The third kappa shape index (κ3) is 4.26. The molecule has 0 unspecified atom stereocenters. The van der Waals surface area contributed by atoms with Crippen molar-refractivity contribution in [1.29, 1.82) is 0 Å². The van der Waals surface area contributed by atoms with Crippen molar-refractivity contribution in [1.82, 2.24) is 0 Å². The lowest BCUT2D eigenvalue weighted by Crippen LogP contribution is -2.25. The van der Waals surface area contributed by atoms with Crippen LogP contribution < -0.4 is 0 Å². The van der Waals surface area contributed by atoms with Gasteiger partial charge in [-0.1, -0.05) is 0 Å². The Balaban J connectivity index is 3.56. The van der Waals surface area contributed by atoms with Gasteiger partial charge in [-0.2, -0.15) is 0 Å². The number of methoxy groups -OCH3 is 1. The van der Waals surface area contributed by atoms with Crippen molar-refractivity contribution in [3.05, 3.63) is 10.1 Å². The Morgan fingerprint density at radius 2 is 2.10 bits per heavy atom. The average Bonchev–Trinajstić information content (AvgIpc) is 1.85. The second-order valence-electron chi connectivity index (χ2n) is 2.77. The first kappa shape index (κ1) is 9.36. The van der Waals surface area contributed by atoms with Gasteiger partial charge >= 0.3 is 0 Å². The van der Waals surface area contributed by atoms with Gasteiger partial charge in [0.05, 0.1) is 5.60 Å². The molecule has 0 N–H and O–H groups in total. The van der Waals surface area contributed by atoms with Gasteiger partial charge in [0.25, 0.3) is 0 Å². The Hall–Kier alpha value is -0.640. The molecule has 0 amide bonds. The van der Waals surface area contributed by atoms with E-state index in [1.807, 2.05) is 13.8 Å². The summed E-state index contributed by atoms with van der Waals surface area (Å²) in [7, 11) is 1.56. The Morgan fingerprint density at radius 1 is 1.60 bits per heavy atom. The molecule has 0 aromatic carbocycles. The molecule has 0 aliphatic carbocycles. The number of hydrogen-bond donors (Lipinski definition) is 0. The number of nitrogens with zero attached hydrogens (tertiary/aromatic N) is 1. The standard InChI is InChI=1S/C6H13NO3/c1-6(2,10-3)4-5-7(8)9/h4-5H2,1-3H3. The summed E-state index contributed by atoms with van der Waals surface area (Å²) < 4.78 is 4.98. The normalized spacial score (nSPS) is 11.5. The van der Waals surface area contributed by atoms with Gasteiger partial charge in [0.2, 0.25) is 6.54 Å². The second kappa shape index (κ2) is 3.51. The summed E-state index contributed by atoms with van der Waals surface area (Å²) in [5.74, 6) is 0. The molecule has 0 heterocycles. The first-order valence-corrected chi connectivity index (χ1v) is 3.15. The SMILES string of the molecule is COC(C)(C)CC[N+](=O)[O-]. The number of hydrogen-bond acceptors (Lipinski definition) is 3. The van der Waals surface area contributed by atoms with Crippen molar-refractivity contribution >= 4 is 0 Å². The van der Waals surface area contributed by atoms with Crippen LogP contribution in [-0.4, -0.2) is 24.2 Å².